The zero-order valence-electron chi connectivity index (χ0n) is 16.5. The highest BCUT2D eigenvalue weighted by atomic mass is 32.2. The first-order valence-electron chi connectivity index (χ1n) is 9.72. The van der Waals surface area contributed by atoms with Crippen molar-refractivity contribution in [3.63, 3.8) is 0 Å². The average Bonchev–Trinajstić information content (AvgIpc) is 3.25. The summed E-state index contributed by atoms with van der Waals surface area (Å²) in [5.41, 5.74) is 0.982. The van der Waals surface area contributed by atoms with Crippen LogP contribution in [0.5, 0.6) is 5.75 Å². The van der Waals surface area contributed by atoms with Gasteiger partial charge in [0.25, 0.3) is 5.91 Å². The van der Waals surface area contributed by atoms with Crippen LogP contribution < -0.4 is 15.4 Å². The lowest BCUT2D eigenvalue weighted by atomic mass is 9.99. The maximum Gasteiger partial charge on any atom is 0.262 e. The minimum atomic E-state index is -3.80. The van der Waals surface area contributed by atoms with Crippen molar-refractivity contribution in [1.29, 1.82) is 0 Å². The molecular formula is C20H23N3O5S2. The molecule has 0 aliphatic carbocycles. The monoisotopic (exact) mass is 449 g/mol. The number of carbonyl (C=O) groups excluding carboxylic acids is 2. The molecule has 1 saturated heterocycles. The van der Waals surface area contributed by atoms with Gasteiger partial charge in [0.1, 0.15) is 5.75 Å². The van der Waals surface area contributed by atoms with E-state index in [2.05, 4.69) is 10.6 Å². The van der Waals surface area contributed by atoms with E-state index in [-0.39, 0.29) is 35.8 Å². The van der Waals surface area contributed by atoms with Crippen LogP contribution in [0.2, 0.25) is 0 Å². The van der Waals surface area contributed by atoms with Gasteiger partial charge in [-0.2, -0.15) is 4.31 Å². The number of amides is 2. The molecule has 1 atom stereocenters. The number of anilines is 1. The van der Waals surface area contributed by atoms with Crippen molar-refractivity contribution in [2.24, 2.45) is 5.92 Å². The summed E-state index contributed by atoms with van der Waals surface area (Å²) in [5, 5.41) is 7.55. The fourth-order valence-corrected chi connectivity index (χ4v) is 6.13. The normalized spacial score (nSPS) is 19.5. The summed E-state index contributed by atoms with van der Waals surface area (Å²) in [6.45, 7) is 2.50. The van der Waals surface area contributed by atoms with Crippen LogP contribution in [0.15, 0.2) is 34.5 Å². The highest BCUT2D eigenvalue weighted by Crippen LogP contribution is 2.35. The Labute approximate surface area is 179 Å². The number of fused-ring (bicyclic) bond motifs is 1. The number of nitrogens with zero attached hydrogens (tertiary/aromatic N) is 1. The van der Waals surface area contributed by atoms with E-state index < -0.39 is 10.0 Å². The predicted molar refractivity (Wildman–Crippen MR) is 113 cm³/mol. The van der Waals surface area contributed by atoms with Gasteiger partial charge in [0.05, 0.1) is 23.0 Å². The van der Waals surface area contributed by atoms with E-state index in [1.54, 1.807) is 24.3 Å². The standard InChI is InChI=1S/C20H23N3O5S2/c1-13-8-16-17(28-12-19(24)22-16)9-18(13)30(26,27)23-6-2-4-14(11-23)20(25)21-10-15-5-3-7-29-15/h3,5,7-9,14H,2,4,6,10-12H2,1H3,(H,21,25)(H,22,24)/t14-/m0/s1. The molecule has 2 N–H and O–H groups in total. The van der Waals surface area contributed by atoms with Crippen molar-refractivity contribution in [1.82, 2.24) is 9.62 Å². The molecule has 160 valence electrons. The summed E-state index contributed by atoms with van der Waals surface area (Å²) in [5.74, 6) is -0.454. The smallest absolute Gasteiger partial charge is 0.262 e. The number of hydrogen-bond donors (Lipinski definition) is 2. The van der Waals surface area contributed by atoms with Crippen molar-refractivity contribution in [3.05, 3.63) is 40.1 Å². The Morgan fingerprint density at radius 1 is 1.40 bits per heavy atom. The minimum absolute atomic E-state index is 0.128. The Hall–Kier alpha value is -2.43. The summed E-state index contributed by atoms with van der Waals surface area (Å²) >= 11 is 1.57. The molecule has 2 aromatic rings. The number of sulfonamides is 1. The molecule has 1 fully saturated rings. The number of carbonyl (C=O) groups is 2. The van der Waals surface area contributed by atoms with E-state index in [0.29, 0.717) is 42.9 Å². The summed E-state index contributed by atoms with van der Waals surface area (Å²) in [6.07, 6.45) is 1.27. The van der Waals surface area contributed by atoms with E-state index in [9.17, 15) is 18.0 Å². The highest BCUT2D eigenvalue weighted by Gasteiger charge is 2.35. The van der Waals surface area contributed by atoms with Crippen LogP contribution in [0.1, 0.15) is 23.3 Å². The van der Waals surface area contributed by atoms with Gasteiger partial charge in [-0.05, 0) is 42.8 Å². The molecule has 1 aromatic carbocycles. The number of nitrogens with one attached hydrogen (secondary N) is 2. The molecule has 0 unspecified atom stereocenters. The topological polar surface area (TPSA) is 105 Å². The Morgan fingerprint density at radius 2 is 2.23 bits per heavy atom. The van der Waals surface area contributed by atoms with E-state index in [1.165, 1.54) is 10.4 Å². The van der Waals surface area contributed by atoms with Gasteiger partial charge in [0.15, 0.2) is 6.61 Å². The van der Waals surface area contributed by atoms with Gasteiger partial charge in [-0.1, -0.05) is 6.07 Å². The lowest BCUT2D eigenvalue weighted by Crippen LogP contribution is -2.45. The third kappa shape index (κ3) is 4.21. The second kappa shape index (κ2) is 8.37. The number of benzene rings is 1. The van der Waals surface area contributed by atoms with Crippen molar-refractivity contribution in [3.8, 4) is 5.75 Å². The third-order valence-electron chi connectivity index (χ3n) is 5.30. The lowest BCUT2D eigenvalue weighted by molar-refractivity contribution is -0.126. The summed E-state index contributed by atoms with van der Waals surface area (Å²) < 4.78 is 33.4. The highest BCUT2D eigenvalue weighted by molar-refractivity contribution is 7.89. The van der Waals surface area contributed by atoms with Crippen LogP contribution >= 0.6 is 11.3 Å². The molecule has 30 heavy (non-hydrogen) atoms. The molecule has 1 aromatic heterocycles. The van der Waals surface area contributed by atoms with Crippen molar-refractivity contribution in [2.75, 3.05) is 25.0 Å². The quantitative estimate of drug-likeness (QED) is 0.727. The maximum atomic E-state index is 13.3. The summed E-state index contributed by atoms with van der Waals surface area (Å²) in [6, 6.07) is 6.94. The number of ether oxygens (including phenoxy) is 1. The Morgan fingerprint density at radius 3 is 3.00 bits per heavy atom. The van der Waals surface area contributed by atoms with Gasteiger partial charge in [-0.15, -0.1) is 11.3 Å². The molecule has 4 rings (SSSR count). The van der Waals surface area contributed by atoms with Crippen molar-refractivity contribution < 1.29 is 22.7 Å². The SMILES string of the molecule is Cc1cc2c(cc1S(=O)(=O)N1CCC[C@H](C(=O)NCc3cccs3)C1)OCC(=O)N2. The van der Waals surface area contributed by atoms with Crippen molar-refractivity contribution >= 4 is 38.9 Å². The Balaban J connectivity index is 1.50. The fraction of sp³-hybridized carbons (Fsp3) is 0.400. The van der Waals surface area contributed by atoms with Crippen LogP contribution in [-0.2, 0) is 26.2 Å². The molecule has 0 spiro atoms. The van der Waals surface area contributed by atoms with E-state index in [1.807, 2.05) is 17.5 Å². The van der Waals surface area contributed by atoms with Crippen LogP contribution in [-0.4, -0.2) is 44.2 Å². The number of thiophene rings is 1. The van der Waals surface area contributed by atoms with E-state index >= 15 is 0 Å². The largest absolute Gasteiger partial charge is 0.482 e. The van der Waals surface area contributed by atoms with Gasteiger partial charge in [-0.3, -0.25) is 9.59 Å². The number of rotatable bonds is 5. The van der Waals surface area contributed by atoms with E-state index in [4.69, 9.17) is 4.74 Å². The molecule has 2 aliphatic rings. The molecule has 0 bridgehead atoms. The van der Waals surface area contributed by atoms with Crippen LogP contribution in [0.25, 0.3) is 0 Å². The minimum Gasteiger partial charge on any atom is -0.482 e. The zero-order chi connectivity index (χ0) is 21.3. The fourth-order valence-electron chi connectivity index (χ4n) is 3.74. The second-order valence-corrected chi connectivity index (χ2v) is 10.4. The molecule has 10 heteroatoms. The van der Waals surface area contributed by atoms with Crippen LogP contribution in [0, 0.1) is 12.8 Å². The number of piperidine rings is 1. The van der Waals surface area contributed by atoms with Crippen molar-refractivity contribution in [2.45, 2.75) is 31.2 Å². The number of hydrogen-bond acceptors (Lipinski definition) is 6. The first-order valence-corrected chi connectivity index (χ1v) is 12.0. The third-order valence-corrected chi connectivity index (χ3v) is 8.18. The van der Waals surface area contributed by atoms with Gasteiger partial charge < -0.3 is 15.4 Å². The molecule has 2 amide bonds. The average molecular weight is 450 g/mol. The summed E-state index contributed by atoms with van der Waals surface area (Å²) in [7, 11) is -3.80. The Bertz CT molecular complexity index is 1070. The first kappa shape index (κ1) is 20.8. The van der Waals surface area contributed by atoms with Crippen LogP contribution in [0.4, 0.5) is 5.69 Å². The van der Waals surface area contributed by atoms with E-state index in [0.717, 1.165) is 4.88 Å². The number of aryl methyl sites for hydroxylation is 1. The van der Waals surface area contributed by atoms with Gasteiger partial charge in [0.2, 0.25) is 15.9 Å². The maximum absolute atomic E-state index is 13.3. The van der Waals surface area contributed by atoms with Gasteiger partial charge >= 0.3 is 0 Å². The van der Waals surface area contributed by atoms with Gasteiger partial charge in [-0.25, -0.2) is 8.42 Å². The molecule has 3 heterocycles. The Kier molecular flexibility index (Phi) is 5.81. The molecular weight excluding hydrogens is 426 g/mol. The van der Waals surface area contributed by atoms with Crippen LogP contribution in [0.3, 0.4) is 0 Å². The molecule has 0 radical (unpaired) electrons. The molecule has 2 aliphatic heterocycles. The predicted octanol–water partition coefficient (Wildman–Crippen LogP) is 2.10. The molecule has 8 nitrogen and oxygen atoms in total. The first-order chi connectivity index (χ1) is 14.3. The molecule has 0 saturated carbocycles. The zero-order valence-corrected chi connectivity index (χ0v) is 18.1. The lowest BCUT2D eigenvalue weighted by Gasteiger charge is -2.32. The second-order valence-electron chi connectivity index (χ2n) is 7.45. The summed E-state index contributed by atoms with van der Waals surface area (Å²) in [4.78, 5) is 25.3. The van der Waals surface area contributed by atoms with Gasteiger partial charge in [0, 0.05) is 24.0 Å².